The standard InChI is InChI=1S/C24H27N7O2/c1-2-3-10-25-24(32)19-12-20(17-8-4-5-9-18(17)30-19)33-13-16-7-6-11-31(16)23-21-22(27-14-26-21)28-15-29-23/h4-5,8-9,12,14-16H,2-3,6-7,10-11,13H2,1H3,(H,25,32)(H,26,27,28,29)/t16-/m1/s1. The van der Waals surface area contributed by atoms with Gasteiger partial charge in [0.2, 0.25) is 0 Å². The molecule has 3 aromatic heterocycles. The van der Waals surface area contributed by atoms with Gasteiger partial charge >= 0.3 is 0 Å². The van der Waals surface area contributed by atoms with Crippen LogP contribution in [0.25, 0.3) is 22.1 Å². The van der Waals surface area contributed by atoms with Crippen molar-refractivity contribution in [2.45, 2.75) is 38.6 Å². The van der Waals surface area contributed by atoms with Gasteiger partial charge in [0.15, 0.2) is 11.5 Å². The van der Waals surface area contributed by atoms with Crippen LogP contribution in [0, 0.1) is 0 Å². The lowest BCUT2D eigenvalue weighted by Crippen LogP contribution is -2.35. The summed E-state index contributed by atoms with van der Waals surface area (Å²) >= 11 is 0. The van der Waals surface area contributed by atoms with Crippen molar-refractivity contribution in [3.8, 4) is 5.75 Å². The highest BCUT2D eigenvalue weighted by Gasteiger charge is 2.28. The van der Waals surface area contributed by atoms with E-state index < -0.39 is 0 Å². The van der Waals surface area contributed by atoms with E-state index in [1.807, 2.05) is 24.3 Å². The van der Waals surface area contributed by atoms with Gasteiger partial charge in [-0.25, -0.2) is 19.9 Å². The number of nitrogens with one attached hydrogen (secondary N) is 2. The Morgan fingerprint density at radius 1 is 1.27 bits per heavy atom. The Morgan fingerprint density at radius 2 is 2.18 bits per heavy atom. The van der Waals surface area contributed by atoms with Crippen molar-refractivity contribution in [3.05, 3.63) is 48.7 Å². The molecule has 2 N–H and O–H groups in total. The number of carbonyl (C=O) groups excluding carboxylic acids is 1. The highest BCUT2D eigenvalue weighted by molar-refractivity contribution is 5.97. The van der Waals surface area contributed by atoms with Gasteiger partial charge in [-0.15, -0.1) is 0 Å². The minimum absolute atomic E-state index is 0.153. The summed E-state index contributed by atoms with van der Waals surface area (Å²) < 4.78 is 6.33. The molecule has 0 saturated carbocycles. The Labute approximate surface area is 191 Å². The number of carbonyl (C=O) groups is 1. The Morgan fingerprint density at radius 3 is 3.09 bits per heavy atom. The number of para-hydroxylation sites is 1. The number of anilines is 1. The molecule has 0 unspecified atom stereocenters. The van der Waals surface area contributed by atoms with Crippen LogP contribution in [0.4, 0.5) is 5.82 Å². The third-order valence-electron chi connectivity index (χ3n) is 6.01. The van der Waals surface area contributed by atoms with Crippen molar-refractivity contribution in [3.63, 3.8) is 0 Å². The topological polar surface area (TPSA) is 109 Å². The van der Waals surface area contributed by atoms with E-state index in [2.05, 4.69) is 42.1 Å². The summed E-state index contributed by atoms with van der Waals surface area (Å²) in [6.07, 6.45) is 7.19. The number of pyridine rings is 1. The molecule has 0 aliphatic carbocycles. The van der Waals surface area contributed by atoms with Gasteiger partial charge in [-0.05, 0) is 31.4 Å². The number of aromatic nitrogens is 5. The molecule has 0 radical (unpaired) electrons. The molecular weight excluding hydrogens is 418 g/mol. The first-order valence-electron chi connectivity index (χ1n) is 11.5. The minimum Gasteiger partial charge on any atom is -0.491 e. The van der Waals surface area contributed by atoms with Gasteiger partial charge < -0.3 is 19.9 Å². The number of unbranched alkanes of at least 4 members (excludes halogenated alkanes) is 1. The lowest BCUT2D eigenvalue weighted by Gasteiger charge is -2.26. The number of benzene rings is 1. The number of H-pyrrole nitrogens is 1. The van der Waals surface area contributed by atoms with Gasteiger partial charge in [-0.3, -0.25) is 4.79 Å². The van der Waals surface area contributed by atoms with Gasteiger partial charge in [0.05, 0.1) is 17.9 Å². The third kappa shape index (κ3) is 4.30. The molecule has 5 rings (SSSR count). The van der Waals surface area contributed by atoms with Crippen molar-refractivity contribution in [2.75, 3.05) is 24.6 Å². The Kier molecular flexibility index (Phi) is 6.01. The van der Waals surface area contributed by atoms with Crippen LogP contribution in [0.3, 0.4) is 0 Å². The Hall–Kier alpha value is -3.75. The number of hydrogen-bond acceptors (Lipinski definition) is 7. The molecule has 1 saturated heterocycles. The first kappa shape index (κ1) is 21.1. The number of fused-ring (bicyclic) bond motifs is 2. The van der Waals surface area contributed by atoms with Gasteiger partial charge in [-0.2, -0.15) is 0 Å². The molecule has 1 aliphatic heterocycles. The second-order valence-electron chi connectivity index (χ2n) is 8.23. The predicted octanol–water partition coefficient (Wildman–Crippen LogP) is 3.48. The Bertz CT molecular complexity index is 1270. The summed E-state index contributed by atoms with van der Waals surface area (Å²) in [5.74, 6) is 1.34. The molecule has 9 heteroatoms. The molecule has 9 nitrogen and oxygen atoms in total. The van der Waals surface area contributed by atoms with E-state index in [9.17, 15) is 4.79 Å². The third-order valence-corrected chi connectivity index (χ3v) is 6.01. The minimum atomic E-state index is -0.177. The van der Waals surface area contributed by atoms with E-state index in [1.165, 1.54) is 0 Å². The van der Waals surface area contributed by atoms with Crippen molar-refractivity contribution < 1.29 is 9.53 Å². The van der Waals surface area contributed by atoms with Crippen LogP contribution in [0.2, 0.25) is 0 Å². The van der Waals surface area contributed by atoms with Crippen LogP contribution in [0.5, 0.6) is 5.75 Å². The van der Waals surface area contributed by atoms with E-state index in [0.29, 0.717) is 30.2 Å². The zero-order valence-corrected chi connectivity index (χ0v) is 18.6. The molecule has 1 amide bonds. The predicted molar refractivity (Wildman–Crippen MR) is 127 cm³/mol. The summed E-state index contributed by atoms with van der Waals surface area (Å²) in [5, 5.41) is 3.84. The van der Waals surface area contributed by atoms with Crippen molar-refractivity contribution in [1.82, 2.24) is 30.2 Å². The molecule has 1 aromatic carbocycles. The number of rotatable bonds is 8. The fourth-order valence-corrected chi connectivity index (χ4v) is 4.29. The quantitative estimate of drug-likeness (QED) is 0.400. The van der Waals surface area contributed by atoms with Crippen LogP contribution in [-0.2, 0) is 0 Å². The number of imidazole rings is 1. The van der Waals surface area contributed by atoms with Crippen LogP contribution in [-0.4, -0.2) is 56.6 Å². The van der Waals surface area contributed by atoms with Crippen LogP contribution >= 0.6 is 0 Å². The SMILES string of the molecule is CCCCNC(=O)c1cc(OC[C@H]2CCCN2c2ncnc3nc[nH]c23)c2ccccc2n1. The Balaban J connectivity index is 1.38. The van der Waals surface area contributed by atoms with E-state index in [-0.39, 0.29) is 11.9 Å². The molecule has 33 heavy (non-hydrogen) atoms. The molecule has 4 heterocycles. The largest absolute Gasteiger partial charge is 0.491 e. The summed E-state index contributed by atoms with van der Waals surface area (Å²) in [6, 6.07) is 9.65. The van der Waals surface area contributed by atoms with E-state index >= 15 is 0 Å². The van der Waals surface area contributed by atoms with E-state index in [1.54, 1.807) is 18.7 Å². The monoisotopic (exact) mass is 445 g/mol. The summed E-state index contributed by atoms with van der Waals surface area (Å²) in [5.41, 5.74) is 2.61. The fourth-order valence-electron chi connectivity index (χ4n) is 4.29. The fraction of sp³-hybridized carbons (Fsp3) is 0.375. The molecule has 170 valence electrons. The molecule has 0 spiro atoms. The van der Waals surface area contributed by atoms with Gasteiger partial charge in [-0.1, -0.05) is 25.5 Å². The summed E-state index contributed by atoms with van der Waals surface area (Å²) in [6.45, 7) is 4.10. The van der Waals surface area contributed by atoms with Crippen molar-refractivity contribution >= 4 is 33.8 Å². The summed E-state index contributed by atoms with van der Waals surface area (Å²) in [7, 11) is 0. The molecule has 1 fully saturated rings. The lowest BCUT2D eigenvalue weighted by molar-refractivity contribution is 0.0948. The number of amides is 1. The van der Waals surface area contributed by atoms with Gasteiger partial charge in [0.1, 0.15) is 29.9 Å². The van der Waals surface area contributed by atoms with Crippen molar-refractivity contribution in [2.24, 2.45) is 0 Å². The first-order chi connectivity index (χ1) is 16.2. The smallest absolute Gasteiger partial charge is 0.270 e. The normalized spacial score (nSPS) is 15.9. The average molecular weight is 446 g/mol. The van der Waals surface area contributed by atoms with E-state index in [0.717, 1.165) is 54.5 Å². The van der Waals surface area contributed by atoms with E-state index in [4.69, 9.17) is 4.74 Å². The number of hydrogen-bond donors (Lipinski definition) is 2. The maximum absolute atomic E-state index is 12.7. The van der Waals surface area contributed by atoms with Crippen LogP contribution in [0.15, 0.2) is 43.0 Å². The van der Waals surface area contributed by atoms with Gasteiger partial charge in [0, 0.05) is 24.5 Å². The molecule has 0 bridgehead atoms. The number of aromatic amines is 1. The van der Waals surface area contributed by atoms with Gasteiger partial charge in [0.25, 0.3) is 5.91 Å². The molecule has 1 atom stereocenters. The van der Waals surface area contributed by atoms with Crippen LogP contribution < -0.4 is 15.0 Å². The maximum atomic E-state index is 12.7. The highest BCUT2D eigenvalue weighted by atomic mass is 16.5. The maximum Gasteiger partial charge on any atom is 0.270 e. The first-order valence-corrected chi connectivity index (χ1v) is 11.5. The lowest BCUT2D eigenvalue weighted by atomic mass is 10.1. The second-order valence-corrected chi connectivity index (χ2v) is 8.23. The zero-order valence-electron chi connectivity index (χ0n) is 18.6. The second kappa shape index (κ2) is 9.40. The average Bonchev–Trinajstić information content (AvgIpc) is 3.52. The highest BCUT2D eigenvalue weighted by Crippen LogP contribution is 2.30. The zero-order chi connectivity index (χ0) is 22.6. The van der Waals surface area contributed by atoms with Crippen molar-refractivity contribution in [1.29, 1.82) is 0 Å². The molecule has 1 aliphatic rings. The molecule has 4 aromatic rings. The van der Waals surface area contributed by atoms with Crippen LogP contribution in [0.1, 0.15) is 43.1 Å². The summed E-state index contributed by atoms with van der Waals surface area (Å²) in [4.78, 5) is 35.6. The number of ether oxygens (including phenoxy) is 1. The molecular formula is C24H27N7O2. The number of nitrogens with zero attached hydrogens (tertiary/aromatic N) is 5.